The first-order chi connectivity index (χ1) is 8.61. The van der Waals surface area contributed by atoms with Gasteiger partial charge in [0.25, 0.3) is 5.06 Å². The molecule has 1 N–H and O–H groups in total. The van der Waals surface area contributed by atoms with Gasteiger partial charge in [-0.05, 0) is 23.5 Å². The molecule has 0 radical (unpaired) electrons. The fourth-order valence-electron chi connectivity index (χ4n) is 1.90. The van der Waals surface area contributed by atoms with Crippen molar-refractivity contribution < 1.29 is 19.1 Å². The molecule has 0 bridgehead atoms. The first-order valence-electron chi connectivity index (χ1n) is 6.87. The highest BCUT2D eigenvalue weighted by Crippen LogP contribution is 2.61. The molecule has 0 aromatic rings. The molecule has 0 spiro atoms. The van der Waals surface area contributed by atoms with E-state index in [1.54, 1.807) is 0 Å². The number of carboxylic acid groups (broad SMARTS) is 1. The monoisotopic (exact) mass is 322 g/mol. The van der Waals surface area contributed by atoms with Crippen LogP contribution in [0, 0.1) is 5.41 Å². The van der Waals surface area contributed by atoms with Gasteiger partial charge >= 0.3 is 5.97 Å². The van der Waals surface area contributed by atoms with Crippen molar-refractivity contribution in [1.82, 2.24) is 0 Å². The van der Waals surface area contributed by atoms with Crippen molar-refractivity contribution >= 4 is 25.9 Å². The summed E-state index contributed by atoms with van der Waals surface area (Å²) < 4.78 is 11.6. The van der Waals surface area contributed by atoms with E-state index >= 15 is 0 Å². The molecule has 1 saturated heterocycles. The van der Waals surface area contributed by atoms with Gasteiger partial charge in [0.1, 0.15) is 0 Å². The minimum Gasteiger partial charge on any atom is -0.478 e. The lowest BCUT2D eigenvalue weighted by molar-refractivity contribution is -0.140. The molecule has 2 atom stereocenters. The van der Waals surface area contributed by atoms with Gasteiger partial charge in [0.2, 0.25) is 0 Å². The summed E-state index contributed by atoms with van der Waals surface area (Å²) in [6, 6.07) is 0. The minimum absolute atomic E-state index is 0.0547. The van der Waals surface area contributed by atoms with E-state index in [4.69, 9.17) is 20.8 Å². The summed E-state index contributed by atoms with van der Waals surface area (Å²) >= 11 is 6.14. The van der Waals surface area contributed by atoms with E-state index in [1.165, 1.54) is 0 Å². The zero-order chi connectivity index (χ0) is 16.2. The van der Waals surface area contributed by atoms with Gasteiger partial charge < -0.3 is 14.3 Å². The quantitative estimate of drug-likeness (QED) is 0.485. The smallest absolute Gasteiger partial charge is 0.355 e. The van der Waals surface area contributed by atoms with Crippen LogP contribution in [0.5, 0.6) is 0 Å². The second-order valence-electron chi connectivity index (χ2n) is 8.13. The Balaban J connectivity index is 2.96. The van der Waals surface area contributed by atoms with Crippen molar-refractivity contribution in [3.63, 3.8) is 0 Å². The number of alkyl halides is 1. The predicted molar refractivity (Wildman–Crippen MR) is 82.6 cm³/mol. The zero-order valence-electron chi connectivity index (χ0n) is 13.8. The summed E-state index contributed by atoms with van der Waals surface area (Å²) in [4.78, 5) is 11.4. The SMILES string of the molecule is CC(C)(C)C1(CO[Si](C)(C)C(C)(C)C)OC1(Cl)C(=O)O. The van der Waals surface area contributed by atoms with Crippen LogP contribution in [0.1, 0.15) is 41.5 Å². The van der Waals surface area contributed by atoms with Crippen LogP contribution < -0.4 is 0 Å². The Labute approximate surface area is 127 Å². The topological polar surface area (TPSA) is 59.1 Å². The number of aliphatic carboxylic acids is 1. The van der Waals surface area contributed by atoms with E-state index in [2.05, 4.69) is 33.9 Å². The number of carboxylic acids is 1. The van der Waals surface area contributed by atoms with Crippen molar-refractivity contribution in [2.75, 3.05) is 6.61 Å². The fraction of sp³-hybridized carbons (Fsp3) is 0.929. The van der Waals surface area contributed by atoms with Crippen LogP contribution in [0.25, 0.3) is 0 Å². The van der Waals surface area contributed by atoms with Gasteiger partial charge in [-0.3, -0.25) is 0 Å². The van der Waals surface area contributed by atoms with Crippen LogP contribution in [-0.2, 0) is 14.0 Å². The highest BCUT2D eigenvalue weighted by atomic mass is 35.5. The zero-order valence-corrected chi connectivity index (χ0v) is 15.5. The minimum atomic E-state index is -1.98. The molecule has 0 aromatic heterocycles. The third kappa shape index (κ3) is 2.65. The Morgan fingerprint density at radius 2 is 1.70 bits per heavy atom. The van der Waals surface area contributed by atoms with Crippen LogP contribution in [0.4, 0.5) is 0 Å². The second-order valence-corrected chi connectivity index (χ2v) is 13.5. The van der Waals surface area contributed by atoms with Crippen molar-refractivity contribution in [1.29, 1.82) is 0 Å². The molecule has 0 amide bonds. The fourth-order valence-corrected chi connectivity index (χ4v) is 3.37. The second kappa shape index (κ2) is 4.70. The number of rotatable bonds is 4. The number of halogens is 1. The first-order valence-corrected chi connectivity index (χ1v) is 10.2. The van der Waals surface area contributed by atoms with Crippen LogP contribution >= 0.6 is 11.6 Å². The Morgan fingerprint density at radius 3 is 1.95 bits per heavy atom. The molecule has 2 unspecified atom stereocenters. The largest absolute Gasteiger partial charge is 0.478 e. The average molecular weight is 323 g/mol. The van der Waals surface area contributed by atoms with Gasteiger partial charge in [0.15, 0.2) is 13.9 Å². The van der Waals surface area contributed by atoms with E-state index in [0.717, 1.165) is 0 Å². The molecular formula is C14H27ClO4Si. The van der Waals surface area contributed by atoms with Gasteiger partial charge in [0, 0.05) is 0 Å². The van der Waals surface area contributed by atoms with E-state index in [-0.39, 0.29) is 11.6 Å². The number of hydrogen-bond acceptors (Lipinski definition) is 3. The third-order valence-electron chi connectivity index (χ3n) is 4.72. The molecule has 4 nitrogen and oxygen atoms in total. The lowest BCUT2D eigenvalue weighted by Gasteiger charge is -2.39. The lowest BCUT2D eigenvalue weighted by atomic mass is 9.78. The standard InChI is InChI=1S/C14H27ClO4Si/c1-11(2,3)13(14(15,19-13)10(16)17)9-18-20(7,8)12(4,5)6/h9H2,1-8H3,(H,16,17). The maximum atomic E-state index is 11.4. The molecule has 1 aliphatic heterocycles. The highest BCUT2D eigenvalue weighted by molar-refractivity contribution is 6.74. The third-order valence-corrected chi connectivity index (χ3v) is 9.74. The summed E-state index contributed by atoms with van der Waals surface area (Å²) in [5.41, 5.74) is -1.40. The van der Waals surface area contributed by atoms with E-state index in [1.807, 2.05) is 20.8 Å². The predicted octanol–water partition coefficient (Wildman–Crippen LogP) is 3.84. The Morgan fingerprint density at radius 1 is 1.25 bits per heavy atom. The van der Waals surface area contributed by atoms with Crippen molar-refractivity contribution in [2.45, 2.75) is 70.3 Å². The normalized spacial score (nSPS) is 31.2. The maximum Gasteiger partial charge on any atom is 0.355 e. The van der Waals surface area contributed by atoms with E-state index in [0.29, 0.717) is 0 Å². The van der Waals surface area contributed by atoms with Crippen molar-refractivity contribution in [3.05, 3.63) is 0 Å². The summed E-state index contributed by atoms with van der Waals surface area (Å²) in [6.45, 7) is 16.7. The van der Waals surface area contributed by atoms with Gasteiger partial charge in [-0.2, -0.15) is 0 Å². The molecule has 6 heteroatoms. The molecule has 1 rings (SSSR count). The molecule has 1 fully saturated rings. The van der Waals surface area contributed by atoms with Crippen LogP contribution in [0.2, 0.25) is 18.1 Å². The molecule has 0 saturated carbocycles. The first kappa shape index (κ1) is 17.9. The van der Waals surface area contributed by atoms with Crippen LogP contribution in [0.15, 0.2) is 0 Å². The molecular weight excluding hydrogens is 296 g/mol. The number of ether oxygens (including phenoxy) is 1. The number of epoxide rings is 1. The average Bonchev–Trinajstić information content (AvgIpc) is 2.82. The Bertz CT molecular complexity index is 410. The molecule has 20 heavy (non-hydrogen) atoms. The summed E-state index contributed by atoms with van der Waals surface area (Å²) in [7, 11) is -1.98. The molecule has 1 aliphatic rings. The van der Waals surface area contributed by atoms with Gasteiger partial charge in [-0.25, -0.2) is 4.79 Å². The van der Waals surface area contributed by atoms with Gasteiger partial charge in [-0.1, -0.05) is 53.1 Å². The van der Waals surface area contributed by atoms with Crippen molar-refractivity contribution in [2.24, 2.45) is 5.41 Å². The molecule has 1 heterocycles. The molecule has 118 valence electrons. The number of hydrogen-bond donors (Lipinski definition) is 1. The molecule has 0 aliphatic carbocycles. The lowest BCUT2D eigenvalue weighted by Crippen LogP contribution is -2.49. The van der Waals surface area contributed by atoms with Gasteiger partial charge in [-0.15, -0.1) is 0 Å². The number of carbonyl (C=O) groups is 1. The Hall–Kier alpha value is -0.103. The summed E-state index contributed by atoms with van der Waals surface area (Å²) in [5, 5.41) is 7.68. The van der Waals surface area contributed by atoms with E-state index < -0.39 is 30.4 Å². The van der Waals surface area contributed by atoms with E-state index in [9.17, 15) is 9.90 Å². The summed E-state index contributed by atoms with van der Waals surface area (Å²) in [6.07, 6.45) is 0. The summed E-state index contributed by atoms with van der Waals surface area (Å²) in [5.74, 6) is -1.15. The maximum absolute atomic E-state index is 11.4. The van der Waals surface area contributed by atoms with Crippen molar-refractivity contribution in [3.8, 4) is 0 Å². The highest BCUT2D eigenvalue weighted by Gasteiger charge is 2.79. The molecule has 0 aromatic carbocycles. The van der Waals surface area contributed by atoms with Crippen LogP contribution in [-0.4, -0.2) is 36.7 Å². The Kier molecular flexibility index (Phi) is 4.21. The van der Waals surface area contributed by atoms with Crippen LogP contribution in [0.3, 0.4) is 0 Å². The van der Waals surface area contributed by atoms with Gasteiger partial charge in [0.05, 0.1) is 6.61 Å².